The Labute approximate surface area is 162 Å². The normalized spacial score (nSPS) is 10.3. The van der Waals surface area contributed by atoms with E-state index in [2.05, 4.69) is 20.6 Å². The maximum atomic E-state index is 12.3. The molecule has 0 fully saturated rings. The van der Waals surface area contributed by atoms with Gasteiger partial charge in [-0.3, -0.25) is 4.79 Å². The van der Waals surface area contributed by atoms with Gasteiger partial charge in [0.1, 0.15) is 5.75 Å². The fourth-order valence-electron chi connectivity index (χ4n) is 2.36. The molecule has 7 heteroatoms. The molecule has 2 aromatic carbocycles. The molecule has 1 amide bonds. The van der Waals surface area contributed by atoms with Gasteiger partial charge in [0.15, 0.2) is 0 Å². The van der Waals surface area contributed by atoms with Crippen LogP contribution in [0, 0.1) is 6.92 Å². The fourth-order valence-corrected chi connectivity index (χ4v) is 2.54. The molecule has 27 heavy (non-hydrogen) atoms. The number of nitrogens with one attached hydrogen (secondary N) is 2. The Balaban J connectivity index is 1.69. The second kappa shape index (κ2) is 8.51. The number of halogens is 1. The van der Waals surface area contributed by atoms with Gasteiger partial charge < -0.3 is 15.4 Å². The van der Waals surface area contributed by atoms with Crippen LogP contribution in [0.5, 0.6) is 5.75 Å². The van der Waals surface area contributed by atoms with Crippen LogP contribution in [-0.4, -0.2) is 22.5 Å². The largest absolute Gasteiger partial charge is 0.492 e. The number of hydrogen-bond donors (Lipinski definition) is 2. The number of carbonyl (C=O) groups is 1. The first-order valence-electron chi connectivity index (χ1n) is 8.45. The van der Waals surface area contributed by atoms with Crippen LogP contribution in [0.25, 0.3) is 0 Å². The smallest absolute Gasteiger partial charge is 0.258 e. The number of aryl methyl sites for hydroxylation is 1. The summed E-state index contributed by atoms with van der Waals surface area (Å²) in [5.41, 5.74) is 2.66. The minimum atomic E-state index is -0.309. The van der Waals surface area contributed by atoms with Crippen molar-refractivity contribution in [3.05, 3.63) is 71.0 Å². The second-order valence-corrected chi connectivity index (χ2v) is 6.17. The van der Waals surface area contributed by atoms with Gasteiger partial charge in [-0.2, -0.15) is 0 Å². The molecule has 138 valence electrons. The van der Waals surface area contributed by atoms with Crippen LogP contribution >= 0.6 is 11.6 Å². The van der Waals surface area contributed by atoms with Crippen LogP contribution in [0.15, 0.2) is 54.9 Å². The van der Waals surface area contributed by atoms with E-state index in [1.54, 1.807) is 12.1 Å². The Morgan fingerprint density at radius 2 is 1.89 bits per heavy atom. The highest BCUT2D eigenvalue weighted by atomic mass is 35.5. The van der Waals surface area contributed by atoms with Gasteiger partial charge in [0.25, 0.3) is 5.91 Å². The quantitative estimate of drug-likeness (QED) is 0.638. The van der Waals surface area contributed by atoms with Crippen LogP contribution < -0.4 is 15.4 Å². The van der Waals surface area contributed by atoms with Crippen LogP contribution in [0.4, 0.5) is 17.3 Å². The minimum Gasteiger partial charge on any atom is -0.492 e. The highest BCUT2D eigenvalue weighted by molar-refractivity contribution is 6.31. The third kappa shape index (κ3) is 4.74. The monoisotopic (exact) mass is 382 g/mol. The molecular weight excluding hydrogens is 364 g/mol. The first-order valence-corrected chi connectivity index (χ1v) is 8.83. The Morgan fingerprint density at radius 3 is 2.59 bits per heavy atom. The zero-order valence-corrected chi connectivity index (χ0v) is 15.7. The summed E-state index contributed by atoms with van der Waals surface area (Å²) in [7, 11) is 0. The second-order valence-electron chi connectivity index (χ2n) is 5.77. The molecule has 1 heterocycles. The summed E-state index contributed by atoms with van der Waals surface area (Å²) in [5.74, 6) is 0.773. The number of carbonyl (C=O) groups excluding carboxylic acids is 1. The van der Waals surface area contributed by atoms with Gasteiger partial charge >= 0.3 is 0 Å². The fraction of sp³-hybridized carbons (Fsp3) is 0.150. The van der Waals surface area contributed by atoms with Crippen LogP contribution in [0.3, 0.4) is 0 Å². The van der Waals surface area contributed by atoms with Crippen molar-refractivity contribution in [1.29, 1.82) is 0 Å². The average molecular weight is 383 g/mol. The number of ether oxygens (including phenoxy) is 1. The summed E-state index contributed by atoms with van der Waals surface area (Å²) in [6.45, 7) is 4.38. The minimum absolute atomic E-state index is 0.309. The number of hydrogen-bond acceptors (Lipinski definition) is 5. The number of aromatic nitrogens is 2. The molecule has 0 radical (unpaired) electrons. The maximum Gasteiger partial charge on any atom is 0.258 e. The van der Waals surface area contributed by atoms with E-state index in [1.165, 1.54) is 12.4 Å². The number of anilines is 3. The standard InChI is InChI=1S/C20H19ClN4O2/c1-3-27-18-7-5-4-6-17(18)25-20-22-11-14(12-23-20)19(26)24-15-9-8-13(2)16(21)10-15/h4-12H,3H2,1-2H3,(H,24,26)(H,22,23,25). The summed E-state index contributed by atoms with van der Waals surface area (Å²) >= 11 is 6.08. The van der Waals surface area contributed by atoms with Gasteiger partial charge in [-0.1, -0.05) is 29.8 Å². The van der Waals surface area contributed by atoms with E-state index in [1.807, 2.05) is 44.2 Å². The van der Waals surface area contributed by atoms with Crippen molar-refractivity contribution in [2.24, 2.45) is 0 Å². The van der Waals surface area contributed by atoms with E-state index in [9.17, 15) is 4.79 Å². The molecule has 2 N–H and O–H groups in total. The molecular formula is C20H19ClN4O2. The summed E-state index contributed by atoms with van der Waals surface area (Å²) in [5, 5.41) is 6.46. The molecule has 0 atom stereocenters. The van der Waals surface area contributed by atoms with Crippen molar-refractivity contribution in [3.8, 4) is 5.75 Å². The van der Waals surface area contributed by atoms with E-state index in [0.29, 0.717) is 34.6 Å². The molecule has 1 aromatic heterocycles. The van der Waals surface area contributed by atoms with Crippen LogP contribution in [0.2, 0.25) is 5.02 Å². The van der Waals surface area contributed by atoms with Crippen molar-refractivity contribution >= 4 is 34.8 Å². The third-order valence-corrected chi connectivity index (χ3v) is 4.18. The predicted octanol–water partition coefficient (Wildman–Crippen LogP) is 4.83. The van der Waals surface area contributed by atoms with E-state index in [0.717, 1.165) is 11.3 Å². The number of nitrogens with zero attached hydrogens (tertiary/aromatic N) is 2. The Kier molecular flexibility index (Phi) is 5.88. The van der Waals surface area contributed by atoms with Crippen molar-refractivity contribution in [3.63, 3.8) is 0 Å². The van der Waals surface area contributed by atoms with E-state index < -0.39 is 0 Å². The van der Waals surface area contributed by atoms with E-state index >= 15 is 0 Å². The SMILES string of the molecule is CCOc1ccccc1Nc1ncc(C(=O)Nc2ccc(C)c(Cl)c2)cn1. The van der Waals surface area contributed by atoms with Gasteiger partial charge in [0.05, 0.1) is 17.9 Å². The first kappa shape index (κ1) is 18.7. The number of para-hydroxylation sites is 2. The van der Waals surface area contributed by atoms with Gasteiger partial charge in [0, 0.05) is 23.1 Å². The molecule has 3 rings (SSSR count). The Hall–Kier alpha value is -3.12. The van der Waals surface area contributed by atoms with Crippen molar-refractivity contribution in [2.75, 3.05) is 17.2 Å². The van der Waals surface area contributed by atoms with E-state index in [-0.39, 0.29) is 5.91 Å². The summed E-state index contributed by atoms with van der Waals surface area (Å²) < 4.78 is 5.56. The molecule has 0 spiro atoms. The summed E-state index contributed by atoms with van der Waals surface area (Å²) in [4.78, 5) is 20.8. The third-order valence-electron chi connectivity index (χ3n) is 3.78. The lowest BCUT2D eigenvalue weighted by molar-refractivity contribution is 0.102. The molecule has 0 saturated carbocycles. The lowest BCUT2D eigenvalue weighted by Gasteiger charge is -2.11. The van der Waals surface area contributed by atoms with Gasteiger partial charge in [-0.15, -0.1) is 0 Å². The molecule has 0 aliphatic rings. The zero-order chi connectivity index (χ0) is 19.2. The topological polar surface area (TPSA) is 76.1 Å². The molecule has 0 saturated heterocycles. The van der Waals surface area contributed by atoms with Crippen molar-refractivity contribution in [1.82, 2.24) is 9.97 Å². The highest BCUT2D eigenvalue weighted by Gasteiger charge is 2.10. The summed E-state index contributed by atoms with van der Waals surface area (Å²) in [6.07, 6.45) is 2.92. The van der Waals surface area contributed by atoms with Crippen LogP contribution in [0.1, 0.15) is 22.8 Å². The molecule has 0 bridgehead atoms. The lowest BCUT2D eigenvalue weighted by Crippen LogP contribution is -2.13. The van der Waals surface area contributed by atoms with Gasteiger partial charge in [-0.25, -0.2) is 9.97 Å². The molecule has 3 aromatic rings. The van der Waals surface area contributed by atoms with Gasteiger partial charge in [0.2, 0.25) is 5.95 Å². The Morgan fingerprint density at radius 1 is 1.15 bits per heavy atom. The van der Waals surface area contributed by atoms with Crippen molar-refractivity contribution < 1.29 is 9.53 Å². The lowest BCUT2D eigenvalue weighted by atomic mass is 10.2. The first-order chi connectivity index (χ1) is 13.1. The van der Waals surface area contributed by atoms with Crippen LogP contribution in [-0.2, 0) is 0 Å². The molecule has 0 aliphatic carbocycles. The molecule has 0 unspecified atom stereocenters. The molecule has 0 aliphatic heterocycles. The van der Waals surface area contributed by atoms with Gasteiger partial charge in [-0.05, 0) is 43.7 Å². The zero-order valence-electron chi connectivity index (χ0n) is 15.0. The Bertz CT molecular complexity index is 945. The van der Waals surface area contributed by atoms with Crippen molar-refractivity contribution in [2.45, 2.75) is 13.8 Å². The highest BCUT2D eigenvalue weighted by Crippen LogP contribution is 2.26. The number of amides is 1. The maximum absolute atomic E-state index is 12.3. The average Bonchev–Trinajstić information content (AvgIpc) is 2.67. The molecule has 6 nitrogen and oxygen atoms in total. The van der Waals surface area contributed by atoms with E-state index in [4.69, 9.17) is 16.3 Å². The number of benzene rings is 2. The predicted molar refractivity (Wildman–Crippen MR) is 107 cm³/mol. The summed E-state index contributed by atoms with van der Waals surface area (Å²) in [6, 6.07) is 12.9. The number of rotatable bonds is 6.